The third-order valence-electron chi connectivity index (χ3n) is 1.37. The van der Waals surface area contributed by atoms with E-state index in [1.807, 2.05) is 13.8 Å². The van der Waals surface area contributed by atoms with Crippen molar-refractivity contribution >= 4 is 5.91 Å². The van der Waals surface area contributed by atoms with E-state index in [9.17, 15) is 4.79 Å². The van der Waals surface area contributed by atoms with E-state index in [1.54, 1.807) is 6.92 Å². The van der Waals surface area contributed by atoms with Gasteiger partial charge in [0.2, 0.25) is 5.91 Å². The fraction of sp³-hybridized carbons (Fsp3) is 0.700. The number of amides is 1. The third kappa shape index (κ3) is 8.90. The van der Waals surface area contributed by atoms with E-state index in [0.717, 1.165) is 0 Å². The molecule has 0 aromatic carbocycles. The second kappa shape index (κ2) is 7.63. The monoisotopic (exact) mass is 182 g/mol. The van der Waals surface area contributed by atoms with Crippen molar-refractivity contribution in [2.24, 2.45) is 0 Å². The van der Waals surface area contributed by atoms with Crippen molar-refractivity contribution in [2.75, 3.05) is 13.1 Å². The summed E-state index contributed by atoms with van der Waals surface area (Å²) in [6.07, 6.45) is 0.517. The Kier molecular flexibility index (Phi) is 7.04. The van der Waals surface area contributed by atoms with Gasteiger partial charge in [-0.3, -0.25) is 4.79 Å². The van der Waals surface area contributed by atoms with Crippen LogP contribution in [0.4, 0.5) is 0 Å². The highest BCUT2D eigenvalue weighted by atomic mass is 16.1. The fourth-order valence-electron chi connectivity index (χ4n) is 0.835. The van der Waals surface area contributed by atoms with Crippen LogP contribution in [0.5, 0.6) is 0 Å². The van der Waals surface area contributed by atoms with Crippen LogP contribution in [0.2, 0.25) is 0 Å². The zero-order valence-corrected chi connectivity index (χ0v) is 8.61. The minimum Gasteiger partial charge on any atom is -0.354 e. The van der Waals surface area contributed by atoms with E-state index < -0.39 is 0 Å². The second-order valence-electron chi connectivity index (χ2n) is 3.08. The molecule has 0 atom stereocenters. The topological polar surface area (TPSA) is 41.1 Å². The van der Waals surface area contributed by atoms with Crippen LogP contribution in [0, 0.1) is 11.8 Å². The zero-order valence-electron chi connectivity index (χ0n) is 8.61. The maximum atomic E-state index is 11.1. The molecule has 0 saturated heterocycles. The predicted octanol–water partition coefficient (Wildman–Crippen LogP) is 0.514. The van der Waals surface area contributed by atoms with Crippen molar-refractivity contribution < 1.29 is 4.79 Å². The van der Waals surface area contributed by atoms with Gasteiger partial charge in [-0.05, 0) is 20.8 Å². The quantitative estimate of drug-likeness (QED) is 0.480. The molecule has 3 heteroatoms. The molecule has 0 rings (SSSR count). The summed E-state index contributed by atoms with van der Waals surface area (Å²) in [5.74, 6) is 5.73. The number of nitrogens with one attached hydrogen (secondary N) is 2. The largest absolute Gasteiger partial charge is 0.354 e. The first-order valence-electron chi connectivity index (χ1n) is 4.56. The van der Waals surface area contributed by atoms with Crippen molar-refractivity contribution in [3.05, 3.63) is 0 Å². The smallest absolute Gasteiger partial charge is 0.221 e. The Morgan fingerprint density at radius 1 is 1.46 bits per heavy atom. The molecule has 0 aliphatic heterocycles. The lowest BCUT2D eigenvalue weighted by molar-refractivity contribution is -0.121. The van der Waals surface area contributed by atoms with Gasteiger partial charge < -0.3 is 10.6 Å². The lowest BCUT2D eigenvalue weighted by Gasteiger charge is -2.07. The first-order valence-corrected chi connectivity index (χ1v) is 4.56. The lowest BCUT2D eigenvalue weighted by Crippen LogP contribution is -2.32. The van der Waals surface area contributed by atoms with Crippen LogP contribution >= 0.6 is 0 Å². The average Bonchev–Trinajstić information content (AvgIpc) is 2.02. The zero-order chi connectivity index (χ0) is 10.1. The molecule has 0 aliphatic rings. The Bertz CT molecular complexity index is 201. The molecule has 3 nitrogen and oxygen atoms in total. The summed E-state index contributed by atoms with van der Waals surface area (Å²) in [7, 11) is 0. The summed E-state index contributed by atoms with van der Waals surface area (Å²) in [4.78, 5) is 11.1. The van der Waals surface area contributed by atoms with Gasteiger partial charge in [0.05, 0.1) is 6.54 Å². The highest BCUT2D eigenvalue weighted by Gasteiger charge is 2.00. The van der Waals surface area contributed by atoms with Crippen molar-refractivity contribution in [3.63, 3.8) is 0 Å². The van der Waals surface area contributed by atoms with Gasteiger partial charge in [-0.2, -0.15) is 0 Å². The number of rotatable bonds is 5. The van der Waals surface area contributed by atoms with E-state index >= 15 is 0 Å². The molecule has 0 fully saturated rings. The van der Waals surface area contributed by atoms with Gasteiger partial charge in [0.15, 0.2) is 0 Å². The number of hydrogen-bond acceptors (Lipinski definition) is 2. The predicted molar refractivity (Wildman–Crippen MR) is 54.2 cm³/mol. The van der Waals surface area contributed by atoms with Crippen LogP contribution in [0.25, 0.3) is 0 Å². The maximum absolute atomic E-state index is 11.1. The molecule has 0 aromatic rings. The van der Waals surface area contributed by atoms with Crippen LogP contribution < -0.4 is 10.6 Å². The van der Waals surface area contributed by atoms with Crippen LogP contribution in [-0.4, -0.2) is 25.0 Å². The molecule has 0 aliphatic carbocycles. The van der Waals surface area contributed by atoms with E-state index in [2.05, 4.69) is 22.5 Å². The maximum Gasteiger partial charge on any atom is 0.221 e. The standard InChI is InChI=1S/C10H18N2O/c1-4-5-7-11-8-6-10(13)12-9(2)3/h9,11H,6-8H2,1-3H3,(H,12,13). The van der Waals surface area contributed by atoms with E-state index in [4.69, 9.17) is 0 Å². The van der Waals surface area contributed by atoms with Crippen molar-refractivity contribution in [2.45, 2.75) is 33.2 Å². The first kappa shape index (κ1) is 12.0. The minimum atomic E-state index is 0.0898. The molecular weight excluding hydrogens is 164 g/mol. The Balaban J connectivity index is 3.30. The van der Waals surface area contributed by atoms with Gasteiger partial charge >= 0.3 is 0 Å². The van der Waals surface area contributed by atoms with Crippen LogP contribution in [0.1, 0.15) is 27.2 Å². The molecule has 1 amide bonds. The minimum absolute atomic E-state index is 0.0898. The van der Waals surface area contributed by atoms with Gasteiger partial charge in [0.25, 0.3) is 0 Å². The Hall–Kier alpha value is -1.01. The summed E-state index contributed by atoms with van der Waals surface area (Å²) in [5, 5.41) is 5.87. The van der Waals surface area contributed by atoms with Gasteiger partial charge in [0.1, 0.15) is 0 Å². The van der Waals surface area contributed by atoms with Crippen molar-refractivity contribution in [1.82, 2.24) is 10.6 Å². The van der Waals surface area contributed by atoms with Crippen LogP contribution in [-0.2, 0) is 4.79 Å². The van der Waals surface area contributed by atoms with Crippen LogP contribution in [0.15, 0.2) is 0 Å². The van der Waals surface area contributed by atoms with E-state index in [1.165, 1.54) is 0 Å². The van der Waals surface area contributed by atoms with Crippen LogP contribution in [0.3, 0.4) is 0 Å². The molecular formula is C10H18N2O. The van der Waals surface area contributed by atoms with Gasteiger partial charge in [-0.1, -0.05) is 5.92 Å². The lowest BCUT2D eigenvalue weighted by atomic mass is 10.3. The first-order chi connectivity index (χ1) is 6.16. The van der Waals surface area contributed by atoms with E-state index in [0.29, 0.717) is 19.5 Å². The number of carbonyl (C=O) groups is 1. The molecule has 74 valence electrons. The van der Waals surface area contributed by atoms with Gasteiger partial charge in [0, 0.05) is 19.0 Å². The number of carbonyl (C=O) groups excluding carboxylic acids is 1. The normalized spacial score (nSPS) is 9.23. The fourth-order valence-corrected chi connectivity index (χ4v) is 0.835. The molecule has 13 heavy (non-hydrogen) atoms. The highest BCUT2D eigenvalue weighted by molar-refractivity contribution is 5.76. The highest BCUT2D eigenvalue weighted by Crippen LogP contribution is 1.81. The van der Waals surface area contributed by atoms with E-state index in [-0.39, 0.29) is 11.9 Å². The molecule has 2 N–H and O–H groups in total. The van der Waals surface area contributed by atoms with Gasteiger partial charge in [-0.15, -0.1) is 5.92 Å². The molecule has 0 saturated carbocycles. The average molecular weight is 182 g/mol. The van der Waals surface area contributed by atoms with Gasteiger partial charge in [-0.25, -0.2) is 0 Å². The summed E-state index contributed by atoms with van der Waals surface area (Å²) in [6, 6.07) is 0.225. The molecule has 0 radical (unpaired) electrons. The number of hydrogen-bond donors (Lipinski definition) is 2. The Morgan fingerprint density at radius 2 is 2.15 bits per heavy atom. The Morgan fingerprint density at radius 3 is 2.69 bits per heavy atom. The summed E-state index contributed by atoms with van der Waals surface area (Å²) >= 11 is 0. The summed E-state index contributed by atoms with van der Waals surface area (Å²) in [5.41, 5.74) is 0. The second-order valence-corrected chi connectivity index (χ2v) is 3.08. The van der Waals surface area contributed by atoms with Crippen molar-refractivity contribution in [3.8, 4) is 11.8 Å². The molecule has 0 bridgehead atoms. The molecule has 0 unspecified atom stereocenters. The Labute approximate surface area is 80.3 Å². The van der Waals surface area contributed by atoms with Crippen molar-refractivity contribution in [1.29, 1.82) is 0 Å². The summed E-state index contributed by atoms with van der Waals surface area (Å²) in [6.45, 7) is 7.05. The third-order valence-corrected chi connectivity index (χ3v) is 1.37. The molecule has 0 spiro atoms. The SMILES string of the molecule is CC#CCNCCC(=O)NC(C)C. The molecule has 0 heterocycles. The summed E-state index contributed by atoms with van der Waals surface area (Å²) < 4.78 is 0. The molecule has 0 aromatic heterocycles.